The molecule has 0 aliphatic carbocycles. The molecular weight excluding hydrogens is 216 g/mol. The van der Waals surface area contributed by atoms with E-state index in [0.29, 0.717) is 6.61 Å². The van der Waals surface area contributed by atoms with Crippen molar-refractivity contribution in [3.63, 3.8) is 0 Å². The van der Waals surface area contributed by atoms with E-state index in [4.69, 9.17) is 14.2 Å². The van der Waals surface area contributed by atoms with E-state index in [2.05, 4.69) is 19.2 Å². The molecule has 0 N–H and O–H groups in total. The van der Waals surface area contributed by atoms with Crippen LogP contribution < -0.4 is 0 Å². The van der Waals surface area contributed by atoms with Crippen LogP contribution in [0, 0.1) is 0 Å². The summed E-state index contributed by atoms with van der Waals surface area (Å²) in [6, 6.07) is 0. The molecule has 3 fully saturated rings. The second-order valence-electron chi connectivity index (χ2n) is 5.51. The predicted octanol–water partition coefficient (Wildman–Crippen LogP) is 2.21. The van der Waals surface area contributed by atoms with Crippen LogP contribution >= 0.6 is 0 Å². The SMILES string of the molecule is C=C=C(C)CC1CCC2O[C@H]3COCC2(C3)O1. The van der Waals surface area contributed by atoms with Gasteiger partial charge in [-0.25, -0.2) is 0 Å². The Morgan fingerprint density at radius 3 is 3.18 bits per heavy atom. The van der Waals surface area contributed by atoms with E-state index in [1.54, 1.807) is 0 Å². The molecule has 4 atom stereocenters. The van der Waals surface area contributed by atoms with E-state index in [9.17, 15) is 0 Å². The first kappa shape index (κ1) is 11.5. The fourth-order valence-corrected chi connectivity index (χ4v) is 3.31. The molecule has 2 bridgehead atoms. The van der Waals surface area contributed by atoms with Gasteiger partial charge in [-0.2, -0.15) is 0 Å². The van der Waals surface area contributed by atoms with Gasteiger partial charge in [0.2, 0.25) is 0 Å². The second kappa shape index (κ2) is 4.25. The predicted molar refractivity (Wildman–Crippen MR) is 63.9 cm³/mol. The second-order valence-corrected chi connectivity index (χ2v) is 5.51. The highest BCUT2D eigenvalue weighted by Gasteiger charge is 2.55. The van der Waals surface area contributed by atoms with Gasteiger partial charge in [0.1, 0.15) is 5.60 Å². The summed E-state index contributed by atoms with van der Waals surface area (Å²) in [7, 11) is 0. The van der Waals surface area contributed by atoms with Crippen molar-refractivity contribution in [3.05, 3.63) is 17.9 Å². The van der Waals surface area contributed by atoms with E-state index in [-0.39, 0.29) is 23.9 Å². The first-order valence-corrected chi connectivity index (χ1v) is 6.48. The Labute approximate surface area is 102 Å². The molecule has 3 aliphatic rings. The van der Waals surface area contributed by atoms with Gasteiger partial charge in [-0.05, 0) is 25.3 Å². The molecule has 3 saturated heterocycles. The van der Waals surface area contributed by atoms with Crippen LogP contribution in [0.1, 0.15) is 32.6 Å². The van der Waals surface area contributed by atoms with Crippen molar-refractivity contribution in [1.29, 1.82) is 0 Å². The molecule has 17 heavy (non-hydrogen) atoms. The minimum absolute atomic E-state index is 0.159. The number of hydrogen-bond acceptors (Lipinski definition) is 3. The Bertz CT molecular complexity index is 358. The quantitative estimate of drug-likeness (QED) is 0.688. The van der Waals surface area contributed by atoms with Crippen molar-refractivity contribution < 1.29 is 14.2 Å². The van der Waals surface area contributed by atoms with E-state index >= 15 is 0 Å². The molecule has 1 spiro atoms. The molecule has 0 aromatic heterocycles. The van der Waals surface area contributed by atoms with Gasteiger partial charge in [-0.15, -0.1) is 5.73 Å². The Morgan fingerprint density at radius 2 is 2.35 bits per heavy atom. The highest BCUT2D eigenvalue weighted by atomic mass is 16.6. The highest BCUT2D eigenvalue weighted by Crippen LogP contribution is 2.45. The van der Waals surface area contributed by atoms with Crippen LogP contribution in [0.3, 0.4) is 0 Å². The molecule has 0 saturated carbocycles. The van der Waals surface area contributed by atoms with Gasteiger partial charge in [0.25, 0.3) is 0 Å². The lowest BCUT2D eigenvalue weighted by atomic mass is 9.85. The zero-order chi connectivity index (χ0) is 11.9. The van der Waals surface area contributed by atoms with Gasteiger partial charge in [0, 0.05) is 12.8 Å². The van der Waals surface area contributed by atoms with Crippen LogP contribution in [0.15, 0.2) is 17.9 Å². The third-order valence-electron chi connectivity index (χ3n) is 4.15. The third-order valence-corrected chi connectivity index (χ3v) is 4.15. The maximum absolute atomic E-state index is 6.30. The summed E-state index contributed by atoms with van der Waals surface area (Å²) in [5, 5.41) is 0. The lowest BCUT2D eigenvalue weighted by molar-refractivity contribution is -0.182. The molecule has 0 amide bonds. The van der Waals surface area contributed by atoms with Crippen LogP contribution in [0.4, 0.5) is 0 Å². The molecule has 3 nitrogen and oxygen atoms in total. The van der Waals surface area contributed by atoms with Crippen molar-refractivity contribution in [3.8, 4) is 0 Å². The lowest BCUT2D eigenvalue weighted by Crippen LogP contribution is -2.52. The average molecular weight is 236 g/mol. The summed E-state index contributed by atoms with van der Waals surface area (Å²) in [6.45, 7) is 7.18. The molecule has 94 valence electrons. The number of rotatable bonds is 2. The summed E-state index contributed by atoms with van der Waals surface area (Å²) < 4.78 is 17.9. The zero-order valence-corrected chi connectivity index (χ0v) is 10.4. The standard InChI is InChI=1S/C14H20O3/c1-3-10(2)6-11-4-5-13-14(17-11)7-12(16-13)8-15-9-14/h11-13H,1,4-9H2,2H3/t11?,12-,13?,14?/m1/s1. The number of hydrogen-bond donors (Lipinski definition) is 0. The van der Waals surface area contributed by atoms with Crippen molar-refractivity contribution >= 4 is 0 Å². The summed E-state index contributed by atoms with van der Waals surface area (Å²) in [5.41, 5.74) is 3.97. The number of ether oxygens (including phenoxy) is 3. The van der Waals surface area contributed by atoms with Gasteiger partial charge < -0.3 is 14.2 Å². The van der Waals surface area contributed by atoms with Crippen LogP contribution in [0.5, 0.6) is 0 Å². The Morgan fingerprint density at radius 1 is 1.47 bits per heavy atom. The van der Waals surface area contributed by atoms with Crippen molar-refractivity contribution in [1.82, 2.24) is 0 Å². The van der Waals surface area contributed by atoms with Gasteiger partial charge in [-0.1, -0.05) is 6.58 Å². The van der Waals surface area contributed by atoms with Crippen LogP contribution in [-0.4, -0.2) is 37.1 Å². The first-order valence-electron chi connectivity index (χ1n) is 6.48. The average Bonchev–Trinajstić information content (AvgIpc) is 2.58. The molecule has 0 aromatic carbocycles. The van der Waals surface area contributed by atoms with Crippen LogP contribution in [0.25, 0.3) is 0 Å². The summed E-state index contributed by atoms with van der Waals surface area (Å²) in [4.78, 5) is 0. The van der Waals surface area contributed by atoms with Crippen molar-refractivity contribution in [2.75, 3.05) is 13.2 Å². The molecule has 3 rings (SSSR count). The lowest BCUT2D eigenvalue weighted by Gasteiger charge is -2.42. The van der Waals surface area contributed by atoms with E-state index < -0.39 is 0 Å². The summed E-state index contributed by atoms with van der Waals surface area (Å²) >= 11 is 0. The minimum atomic E-state index is -0.159. The van der Waals surface area contributed by atoms with Gasteiger partial charge in [0.05, 0.1) is 31.5 Å². The van der Waals surface area contributed by atoms with Crippen LogP contribution in [0.2, 0.25) is 0 Å². The smallest absolute Gasteiger partial charge is 0.120 e. The Hall–Kier alpha value is -0.600. The molecule has 0 aromatic rings. The maximum atomic E-state index is 6.30. The van der Waals surface area contributed by atoms with E-state index in [0.717, 1.165) is 32.3 Å². The fourth-order valence-electron chi connectivity index (χ4n) is 3.31. The first-order chi connectivity index (χ1) is 8.22. The monoisotopic (exact) mass is 236 g/mol. The number of fused-ring (bicyclic) bond motifs is 1. The third kappa shape index (κ3) is 1.98. The molecule has 3 unspecified atom stereocenters. The molecule has 0 radical (unpaired) electrons. The summed E-state index contributed by atoms with van der Waals surface area (Å²) in [5.74, 6) is 0. The Kier molecular flexibility index (Phi) is 2.87. The molecular formula is C14H20O3. The van der Waals surface area contributed by atoms with Crippen molar-refractivity contribution in [2.45, 2.75) is 56.5 Å². The topological polar surface area (TPSA) is 27.7 Å². The normalized spacial score (nSPS) is 43.9. The van der Waals surface area contributed by atoms with Crippen molar-refractivity contribution in [2.24, 2.45) is 0 Å². The van der Waals surface area contributed by atoms with E-state index in [1.165, 1.54) is 5.57 Å². The summed E-state index contributed by atoms with van der Waals surface area (Å²) in [6.07, 6.45) is 4.88. The van der Waals surface area contributed by atoms with E-state index in [1.807, 2.05) is 0 Å². The maximum Gasteiger partial charge on any atom is 0.120 e. The molecule has 3 heteroatoms. The van der Waals surface area contributed by atoms with Gasteiger partial charge >= 0.3 is 0 Å². The molecule has 3 aliphatic heterocycles. The zero-order valence-electron chi connectivity index (χ0n) is 10.4. The minimum Gasteiger partial charge on any atom is -0.376 e. The highest BCUT2D eigenvalue weighted by molar-refractivity contribution is 5.05. The fraction of sp³-hybridized carbons (Fsp3) is 0.786. The van der Waals surface area contributed by atoms with Crippen LogP contribution in [-0.2, 0) is 14.2 Å². The largest absolute Gasteiger partial charge is 0.376 e. The van der Waals surface area contributed by atoms with Gasteiger partial charge in [-0.3, -0.25) is 0 Å². The Balaban J connectivity index is 1.72. The van der Waals surface area contributed by atoms with Gasteiger partial charge in [0.15, 0.2) is 0 Å². The molecule has 3 heterocycles.